The standard InChI is InChI=1S/C26H37N3O5S/c1-6-20(4)27-26(31)22(7-2)28(18-21-14-10-9-11-15-21)25(30)19-29(35(5,32)33)23-16-12-13-17-24(23)34-8-3/h9-17,20,22H,6-8,18-19H2,1-5H3,(H,27,31)/t20-,22-/m0/s1. The van der Waals surface area contributed by atoms with Crippen molar-refractivity contribution in [3.8, 4) is 5.75 Å². The van der Waals surface area contributed by atoms with Gasteiger partial charge in [0.1, 0.15) is 18.3 Å². The van der Waals surface area contributed by atoms with Crippen LogP contribution < -0.4 is 14.4 Å². The molecule has 0 aromatic heterocycles. The van der Waals surface area contributed by atoms with Gasteiger partial charge in [0.15, 0.2) is 0 Å². The first kappa shape index (κ1) is 28.2. The molecule has 2 atom stereocenters. The van der Waals surface area contributed by atoms with E-state index in [0.717, 1.165) is 22.5 Å². The molecule has 2 amide bonds. The zero-order chi connectivity index (χ0) is 26.0. The van der Waals surface area contributed by atoms with Gasteiger partial charge >= 0.3 is 0 Å². The molecule has 35 heavy (non-hydrogen) atoms. The highest BCUT2D eigenvalue weighted by molar-refractivity contribution is 7.92. The predicted molar refractivity (Wildman–Crippen MR) is 139 cm³/mol. The van der Waals surface area contributed by atoms with Crippen molar-refractivity contribution in [2.75, 3.05) is 23.7 Å². The number of sulfonamides is 1. The fourth-order valence-electron chi connectivity index (χ4n) is 3.68. The van der Waals surface area contributed by atoms with Crippen molar-refractivity contribution < 1.29 is 22.7 Å². The number of hydrogen-bond acceptors (Lipinski definition) is 5. The molecule has 0 aliphatic rings. The molecule has 0 bridgehead atoms. The van der Waals surface area contributed by atoms with Gasteiger partial charge in [-0.15, -0.1) is 0 Å². The predicted octanol–water partition coefficient (Wildman–Crippen LogP) is 3.57. The Hall–Kier alpha value is -3.07. The number of nitrogens with zero attached hydrogens (tertiary/aromatic N) is 2. The molecule has 0 spiro atoms. The van der Waals surface area contributed by atoms with Crippen LogP contribution in [0.15, 0.2) is 54.6 Å². The number of nitrogens with one attached hydrogen (secondary N) is 1. The third-order valence-corrected chi connectivity index (χ3v) is 6.82. The van der Waals surface area contributed by atoms with Gasteiger partial charge in [0.05, 0.1) is 18.6 Å². The molecule has 0 fully saturated rings. The first-order valence-corrected chi connectivity index (χ1v) is 13.8. The molecule has 0 saturated heterocycles. The number of anilines is 1. The molecule has 0 aliphatic heterocycles. The molecular weight excluding hydrogens is 466 g/mol. The van der Waals surface area contributed by atoms with Crippen LogP contribution in [-0.4, -0.2) is 56.6 Å². The summed E-state index contributed by atoms with van der Waals surface area (Å²) in [4.78, 5) is 28.3. The van der Waals surface area contributed by atoms with Crippen molar-refractivity contribution in [3.05, 3.63) is 60.2 Å². The maximum absolute atomic E-state index is 13.7. The van der Waals surface area contributed by atoms with Gasteiger partial charge in [-0.1, -0.05) is 56.3 Å². The number of carbonyl (C=O) groups excluding carboxylic acids is 2. The number of rotatable bonds is 13. The fourth-order valence-corrected chi connectivity index (χ4v) is 4.53. The Balaban J connectivity index is 2.45. The Bertz CT molecular complexity index is 1080. The van der Waals surface area contributed by atoms with Crippen LogP contribution in [-0.2, 0) is 26.2 Å². The molecule has 9 heteroatoms. The summed E-state index contributed by atoms with van der Waals surface area (Å²) in [7, 11) is -3.83. The number of hydrogen-bond donors (Lipinski definition) is 1. The van der Waals surface area contributed by atoms with Crippen LogP contribution in [0.3, 0.4) is 0 Å². The second-order valence-corrected chi connectivity index (χ2v) is 10.3. The van der Waals surface area contributed by atoms with Crippen LogP contribution in [0.4, 0.5) is 5.69 Å². The summed E-state index contributed by atoms with van der Waals surface area (Å²) in [5, 5.41) is 2.96. The van der Waals surface area contributed by atoms with Crippen molar-refractivity contribution in [2.24, 2.45) is 0 Å². The average molecular weight is 504 g/mol. The van der Waals surface area contributed by atoms with Crippen LogP contribution in [0.1, 0.15) is 46.1 Å². The lowest BCUT2D eigenvalue weighted by molar-refractivity contribution is -0.140. The minimum Gasteiger partial charge on any atom is -0.492 e. The summed E-state index contributed by atoms with van der Waals surface area (Å²) in [6.07, 6.45) is 2.19. The number of carbonyl (C=O) groups is 2. The molecule has 0 unspecified atom stereocenters. The zero-order valence-corrected chi connectivity index (χ0v) is 22.0. The normalized spacial score (nSPS) is 12.9. The Morgan fingerprint density at radius 3 is 2.17 bits per heavy atom. The minimum absolute atomic E-state index is 0.0455. The quantitative estimate of drug-likeness (QED) is 0.451. The Morgan fingerprint density at radius 1 is 0.971 bits per heavy atom. The highest BCUT2D eigenvalue weighted by atomic mass is 32.2. The first-order valence-electron chi connectivity index (χ1n) is 12.0. The van der Waals surface area contributed by atoms with Gasteiger partial charge in [0, 0.05) is 12.6 Å². The molecule has 192 valence electrons. The van der Waals surface area contributed by atoms with Gasteiger partial charge in [-0.3, -0.25) is 13.9 Å². The smallest absolute Gasteiger partial charge is 0.244 e. The van der Waals surface area contributed by atoms with Crippen molar-refractivity contribution >= 4 is 27.5 Å². The molecule has 0 saturated carbocycles. The van der Waals surface area contributed by atoms with E-state index in [9.17, 15) is 18.0 Å². The van der Waals surface area contributed by atoms with Crippen molar-refractivity contribution in [3.63, 3.8) is 0 Å². The van der Waals surface area contributed by atoms with Crippen molar-refractivity contribution in [2.45, 2.75) is 59.2 Å². The molecule has 0 radical (unpaired) electrons. The van der Waals surface area contributed by atoms with Crippen LogP contribution in [0.25, 0.3) is 0 Å². The van der Waals surface area contributed by atoms with Crippen molar-refractivity contribution in [1.29, 1.82) is 0 Å². The summed E-state index contributed by atoms with van der Waals surface area (Å²) in [5.41, 5.74) is 1.12. The van der Waals surface area contributed by atoms with Crippen LogP contribution in [0.5, 0.6) is 5.75 Å². The highest BCUT2D eigenvalue weighted by Crippen LogP contribution is 2.30. The Labute approximate surface area is 209 Å². The third kappa shape index (κ3) is 7.99. The van der Waals surface area contributed by atoms with Gasteiger partial charge < -0.3 is 15.0 Å². The summed E-state index contributed by atoms with van der Waals surface area (Å²) in [6, 6.07) is 15.2. The molecule has 0 aliphatic carbocycles. The van der Waals surface area contributed by atoms with Crippen LogP contribution in [0.2, 0.25) is 0 Å². The summed E-state index contributed by atoms with van der Waals surface area (Å²) in [5.74, 6) is -0.368. The third-order valence-electron chi connectivity index (χ3n) is 5.70. The maximum atomic E-state index is 13.7. The fraction of sp³-hybridized carbons (Fsp3) is 0.462. The van der Waals surface area contributed by atoms with E-state index < -0.39 is 28.5 Å². The zero-order valence-electron chi connectivity index (χ0n) is 21.2. The van der Waals surface area contributed by atoms with E-state index in [4.69, 9.17) is 4.74 Å². The first-order chi connectivity index (χ1) is 16.6. The van der Waals surface area contributed by atoms with E-state index in [1.54, 1.807) is 31.2 Å². The van der Waals surface area contributed by atoms with Crippen molar-refractivity contribution in [1.82, 2.24) is 10.2 Å². The van der Waals surface area contributed by atoms with E-state index in [2.05, 4.69) is 5.32 Å². The monoisotopic (exact) mass is 503 g/mol. The van der Waals surface area contributed by atoms with Gasteiger partial charge in [0.2, 0.25) is 21.8 Å². The van der Waals surface area contributed by atoms with Gasteiger partial charge in [-0.25, -0.2) is 8.42 Å². The van der Waals surface area contributed by atoms with E-state index in [0.29, 0.717) is 18.8 Å². The van der Waals surface area contributed by atoms with E-state index in [1.807, 2.05) is 51.1 Å². The Morgan fingerprint density at radius 2 is 1.60 bits per heavy atom. The molecule has 8 nitrogen and oxygen atoms in total. The minimum atomic E-state index is -3.83. The lowest BCUT2D eigenvalue weighted by Gasteiger charge is -2.33. The van der Waals surface area contributed by atoms with Crippen LogP contribution in [0, 0.1) is 0 Å². The van der Waals surface area contributed by atoms with E-state index in [-0.39, 0.29) is 24.2 Å². The molecule has 2 aromatic carbocycles. The molecule has 1 N–H and O–H groups in total. The molecular formula is C26H37N3O5S. The van der Waals surface area contributed by atoms with Crippen LogP contribution >= 0.6 is 0 Å². The highest BCUT2D eigenvalue weighted by Gasteiger charge is 2.32. The Kier molecular flexibility index (Phi) is 10.6. The average Bonchev–Trinajstić information content (AvgIpc) is 2.82. The summed E-state index contributed by atoms with van der Waals surface area (Å²) >= 11 is 0. The SMILES string of the molecule is CCOc1ccccc1N(CC(=O)N(Cc1ccccc1)[C@@H](CC)C(=O)N[C@@H](C)CC)S(C)(=O)=O. The molecule has 2 rings (SSSR count). The number of benzene rings is 2. The number of amides is 2. The largest absolute Gasteiger partial charge is 0.492 e. The second kappa shape index (κ2) is 13.1. The van der Waals surface area contributed by atoms with Gasteiger partial charge in [-0.05, 0) is 44.4 Å². The lowest BCUT2D eigenvalue weighted by atomic mass is 10.1. The molecule has 2 aromatic rings. The van der Waals surface area contributed by atoms with Gasteiger partial charge in [-0.2, -0.15) is 0 Å². The summed E-state index contributed by atoms with van der Waals surface area (Å²) in [6.45, 7) is 7.58. The topological polar surface area (TPSA) is 96.0 Å². The lowest BCUT2D eigenvalue weighted by Crippen LogP contribution is -2.53. The molecule has 0 heterocycles. The van der Waals surface area contributed by atoms with E-state index in [1.165, 1.54) is 4.90 Å². The van der Waals surface area contributed by atoms with E-state index >= 15 is 0 Å². The second-order valence-electron chi connectivity index (χ2n) is 8.42. The number of ether oxygens (including phenoxy) is 1. The maximum Gasteiger partial charge on any atom is 0.244 e. The summed E-state index contributed by atoms with van der Waals surface area (Å²) < 4.78 is 32.2. The van der Waals surface area contributed by atoms with Gasteiger partial charge in [0.25, 0.3) is 0 Å². The number of para-hydroxylation sites is 2.